The Labute approximate surface area is 125 Å². The highest BCUT2D eigenvalue weighted by Crippen LogP contribution is 2.32. The van der Waals surface area contributed by atoms with E-state index in [-0.39, 0.29) is 0 Å². The van der Waals surface area contributed by atoms with E-state index in [1.807, 2.05) is 37.3 Å². The largest absolute Gasteiger partial charge is 0.461 e. The van der Waals surface area contributed by atoms with Gasteiger partial charge >= 0.3 is 0 Å². The van der Waals surface area contributed by atoms with Crippen LogP contribution in [0.2, 0.25) is 0 Å². The lowest BCUT2D eigenvalue weighted by Crippen LogP contribution is -1.99. The summed E-state index contributed by atoms with van der Waals surface area (Å²) in [4.78, 5) is 0. The van der Waals surface area contributed by atoms with Crippen LogP contribution in [0.5, 0.6) is 0 Å². The van der Waals surface area contributed by atoms with Gasteiger partial charge in [0.25, 0.3) is 0 Å². The van der Waals surface area contributed by atoms with Gasteiger partial charge in [0.2, 0.25) is 0 Å². The fraction of sp³-hybridized carbons (Fsp3) is 0.263. The van der Waals surface area contributed by atoms with Gasteiger partial charge in [-0.1, -0.05) is 48.5 Å². The van der Waals surface area contributed by atoms with Gasteiger partial charge in [-0.3, -0.25) is 0 Å². The fourth-order valence-corrected chi connectivity index (χ4v) is 2.89. The van der Waals surface area contributed by atoms with E-state index < -0.39 is 6.10 Å². The van der Waals surface area contributed by atoms with Crippen LogP contribution in [-0.4, -0.2) is 5.11 Å². The predicted octanol–water partition coefficient (Wildman–Crippen LogP) is 4.80. The van der Waals surface area contributed by atoms with Crippen molar-refractivity contribution >= 4 is 11.0 Å². The van der Waals surface area contributed by atoms with Crippen LogP contribution in [-0.2, 0) is 6.42 Å². The molecule has 0 aliphatic carbocycles. The molecular formula is C19H20O2. The van der Waals surface area contributed by atoms with Crippen LogP contribution in [0.25, 0.3) is 11.0 Å². The van der Waals surface area contributed by atoms with Gasteiger partial charge in [-0.25, -0.2) is 0 Å². The third kappa shape index (κ3) is 3.01. The van der Waals surface area contributed by atoms with Gasteiger partial charge in [-0.2, -0.15) is 0 Å². The maximum atomic E-state index is 10.5. The molecule has 1 atom stereocenters. The molecule has 1 unspecified atom stereocenters. The summed E-state index contributed by atoms with van der Waals surface area (Å²) >= 11 is 0. The van der Waals surface area contributed by atoms with E-state index in [0.717, 1.165) is 41.6 Å². The molecule has 0 aliphatic heterocycles. The zero-order valence-electron chi connectivity index (χ0n) is 12.3. The predicted molar refractivity (Wildman–Crippen MR) is 85.3 cm³/mol. The highest BCUT2D eigenvalue weighted by atomic mass is 16.3. The van der Waals surface area contributed by atoms with Crippen LogP contribution in [0.1, 0.15) is 35.8 Å². The number of aryl methyl sites for hydroxylation is 2. The summed E-state index contributed by atoms with van der Waals surface area (Å²) in [5, 5.41) is 11.5. The van der Waals surface area contributed by atoms with Crippen molar-refractivity contribution in [3.63, 3.8) is 0 Å². The lowest BCUT2D eigenvalue weighted by molar-refractivity contribution is 0.164. The quantitative estimate of drug-likeness (QED) is 0.728. The Morgan fingerprint density at radius 2 is 1.71 bits per heavy atom. The molecule has 0 saturated carbocycles. The first kappa shape index (κ1) is 13.9. The van der Waals surface area contributed by atoms with Gasteiger partial charge in [0.1, 0.15) is 11.3 Å². The third-order valence-electron chi connectivity index (χ3n) is 3.94. The first-order valence-electron chi connectivity index (χ1n) is 7.45. The molecule has 0 spiro atoms. The monoisotopic (exact) mass is 280 g/mol. The minimum atomic E-state index is -0.461. The van der Waals surface area contributed by atoms with Crippen LogP contribution in [0.4, 0.5) is 0 Å². The second kappa shape index (κ2) is 6.15. The van der Waals surface area contributed by atoms with Crippen LogP contribution in [0.3, 0.4) is 0 Å². The van der Waals surface area contributed by atoms with Crippen molar-refractivity contribution in [3.8, 4) is 0 Å². The van der Waals surface area contributed by atoms with Crippen molar-refractivity contribution in [2.75, 3.05) is 0 Å². The molecule has 1 N–H and O–H groups in total. The second-order valence-electron chi connectivity index (χ2n) is 5.46. The van der Waals surface area contributed by atoms with E-state index in [1.165, 1.54) is 5.56 Å². The number of rotatable bonds is 5. The Morgan fingerprint density at radius 3 is 2.52 bits per heavy atom. The topological polar surface area (TPSA) is 33.4 Å². The zero-order valence-corrected chi connectivity index (χ0v) is 12.3. The standard InChI is InChI=1S/C19H20O2/c1-14-19(16-11-5-6-13-18(16)21-14)17(20)12-7-10-15-8-3-2-4-9-15/h2-6,8-9,11,13,17,20H,7,10,12H2,1H3. The number of para-hydroxylation sites is 1. The van der Waals surface area contributed by atoms with Gasteiger partial charge in [0.15, 0.2) is 0 Å². The lowest BCUT2D eigenvalue weighted by atomic mass is 9.99. The zero-order chi connectivity index (χ0) is 14.7. The van der Waals surface area contributed by atoms with Gasteiger partial charge in [-0.15, -0.1) is 0 Å². The van der Waals surface area contributed by atoms with E-state index in [1.54, 1.807) is 0 Å². The molecule has 0 amide bonds. The Hall–Kier alpha value is -2.06. The van der Waals surface area contributed by atoms with E-state index in [9.17, 15) is 5.11 Å². The Kier molecular flexibility index (Phi) is 4.07. The molecule has 2 aromatic carbocycles. The summed E-state index contributed by atoms with van der Waals surface area (Å²) < 4.78 is 5.72. The number of fused-ring (bicyclic) bond motifs is 1. The Bertz CT molecular complexity index is 713. The van der Waals surface area contributed by atoms with Crippen molar-refractivity contribution in [1.29, 1.82) is 0 Å². The molecular weight excluding hydrogens is 260 g/mol. The first-order chi connectivity index (χ1) is 10.3. The van der Waals surface area contributed by atoms with Crippen molar-refractivity contribution in [3.05, 3.63) is 71.5 Å². The third-order valence-corrected chi connectivity index (χ3v) is 3.94. The van der Waals surface area contributed by atoms with Crippen molar-refractivity contribution in [2.24, 2.45) is 0 Å². The minimum absolute atomic E-state index is 0.461. The van der Waals surface area contributed by atoms with Crippen LogP contribution in [0.15, 0.2) is 59.0 Å². The summed E-state index contributed by atoms with van der Waals surface area (Å²) in [6, 6.07) is 18.3. The van der Waals surface area contributed by atoms with E-state index in [2.05, 4.69) is 24.3 Å². The molecule has 2 nitrogen and oxygen atoms in total. The minimum Gasteiger partial charge on any atom is -0.461 e. The summed E-state index contributed by atoms with van der Waals surface area (Å²) in [6.45, 7) is 1.93. The normalized spacial score (nSPS) is 12.7. The summed E-state index contributed by atoms with van der Waals surface area (Å²) in [5.41, 5.74) is 3.12. The van der Waals surface area contributed by atoms with E-state index >= 15 is 0 Å². The average molecular weight is 280 g/mol. The number of benzene rings is 2. The Balaban J connectivity index is 1.69. The van der Waals surface area contributed by atoms with E-state index in [4.69, 9.17) is 4.42 Å². The number of hydrogen-bond acceptors (Lipinski definition) is 2. The molecule has 108 valence electrons. The molecule has 1 aromatic heterocycles. The smallest absolute Gasteiger partial charge is 0.134 e. The maximum Gasteiger partial charge on any atom is 0.134 e. The SMILES string of the molecule is Cc1oc2ccccc2c1C(O)CCCc1ccccc1. The van der Waals surface area contributed by atoms with Gasteiger partial charge in [0.05, 0.1) is 6.10 Å². The van der Waals surface area contributed by atoms with Crippen LogP contribution in [0, 0.1) is 6.92 Å². The molecule has 1 heterocycles. The molecule has 3 aromatic rings. The summed E-state index contributed by atoms with van der Waals surface area (Å²) in [5.74, 6) is 0.823. The number of aliphatic hydroxyl groups excluding tert-OH is 1. The molecule has 0 aliphatic rings. The molecule has 0 radical (unpaired) electrons. The molecule has 2 heteroatoms. The van der Waals surface area contributed by atoms with Crippen molar-refractivity contribution in [2.45, 2.75) is 32.3 Å². The van der Waals surface area contributed by atoms with Gasteiger partial charge in [-0.05, 0) is 37.8 Å². The van der Waals surface area contributed by atoms with Crippen molar-refractivity contribution in [1.82, 2.24) is 0 Å². The van der Waals surface area contributed by atoms with E-state index in [0.29, 0.717) is 0 Å². The van der Waals surface area contributed by atoms with Crippen LogP contribution >= 0.6 is 0 Å². The summed E-state index contributed by atoms with van der Waals surface area (Å²) in [6.07, 6.45) is 2.24. The first-order valence-corrected chi connectivity index (χ1v) is 7.45. The number of aliphatic hydroxyl groups is 1. The second-order valence-corrected chi connectivity index (χ2v) is 5.46. The van der Waals surface area contributed by atoms with Gasteiger partial charge < -0.3 is 9.52 Å². The summed E-state index contributed by atoms with van der Waals surface area (Å²) in [7, 11) is 0. The lowest BCUT2D eigenvalue weighted by Gasteiger charge is -2.10. The molecule has 0 saturated heterocycles. The highest BCUT2D eigenvalue weighted by Gasteiger charge is 2.17. The fourth-order valence-electron chi connectivity index (χ4n) is 2.89. The molecule has 0 bridgehead atoms. The van der Waals surface area contributed by atoms with Crippen molar-refractivity contribution < 1.29 is 9.52 Å². The molecule has 21 heavy (non-hydrogen) atoms. The molecule has 3 rings (SSSR count). The van der Waals surface area contributed by atoms with Gasteiger partial charge in [0, 0.05) is 10.9 Å². The maximum absolute atomic E-state index is 10.5. The highest BCUT2D eigenvalue weighted by molar-refractivity contribution is 5.82. The van der Waals surface area contributed by atoms with Crippen LogP contribution < -0.4 is 0 Å². The number of hydrogen-bond donors (Lipinski definition) is 1. The average Bonchev–Trinajstić information content (AvgIpc) is 2.84. The molecule has 0 fully saturated rings. The number of furan rings is 1. The Morgan fingerprint density at radius 1 is 1.00 bits per heavy atom.